The number of nitrogens with zero attached hydrogens (tertiary/aromatic N) is 2. The van der Waals surface area contributed by atoms with Crippen LogP contribution in [-0.2, 0) is 25.3 Å². The van der Waals surface area contributed by atoms with Crippen LogP contribution in [0, 0.1) is 13.8 Å². The Morgan fingerprint density at radius 3 is 1.98 bits per heavy atom. The number of fused-ring (bicyclic) bond motifs is 3. The molecule has 2 saturated heterocycles. The Labute approximate surface area is 291 Å². The van der Waals surface area contributed by atoms with Crippen molar-refractivity contribution in [2.24, 2.45) is 0 Å². The molecule has 10 heteroatoms. The van der Waals surface area contributed by atoms with E-state index in [0.29, 0.717) is 45.0 Å². The van der Waals surface area contributed by atoms with Gasteiger partial charge in [-0.2, -0.15) is 0 Å². The second kappa shape index (κ2) is 13.1. The highest BCUT2D eigenvalue weighted by Gasteiger charge is 2.52. The summed E-state index contributed by atoms with van der Waals surface area (Å²) in [4.78, 5) is 30.3. The van der Waals surface area contributed by atoms with Crippen molar-refractivity contribution in [2.75, 3.05) is 38.1 Å². The number of anilines is 1. The zero-order valence-electron chi connectivity index (χ0n) is 30.4. The van der Waals surface area contributed by atoms with Gasteiger partial charge in [-0.1, -0.05) is 48.5 Å². The van der Waals surface area contributed by atoms with Gasteiger partial charge < -0.3 is 23.7 Å². The molecule has 0 aromatic heterocycles. The van der Waals surface area contributed by atoms with Crippen molar-refractivity contribution in [2.45, 2.75) is 91.6 Å². The number of hydrogen-bond donors (Lipinski definition) is 1. The van der Waals surface area contributed by atoms with E-state index in [4.69, 9.17) is 18.8 Å². The average Bonchev–Trinajstić information content (AvgIpc) is 3.46. The summed E-state index contributed by atoms with van der Waals surface area (Å²) in [6.07, 6.45) is -0.790. The number of piperazine rings is 1. The molecule has 0 saturated carbocycles. The SMILES string of the molecule is Cc1c(CN2CCN(C(=O)OCC3c4ccccc4-c4ccccc43)CC2)cc(NC(=O)OC(C)(C)C)c(C)c1B1OC(C)(C)C(C)(C)O1. The van der Waals surface area contributed by atoms with Gasteiger partial charge in [0.2, 0.25) is 0 Å². The van der Waals surface area contributed by atoms with Gasteiger partial charge in [0.15, 0.2) is 0 Å². The van der Waals surface area contributed by atoms with Crippen molar-refractivity contribution in [3.8, 4) is 11.1 Å². The highest BCUT2D eigenvalue weighted by molar-refractivity contribution is 6.63. The molecule has 0 spiro atoms. The van der Waals surface area contributed by atoms with Gasteiger partial charge in [-0.25, -0.2) is 9.59 Å². The molecule has 1 N–H and O–H groups in total. The summed E-state index contributed by atoms with van der Waals surface area (Å²) in [7, 11) is -0.588. The molecule has 0 radical (unpaired) electrons. The van der Waals surface area contributed by atoms with Crippen LogP contribution < -0.4 is 10.8 Å². The molecule has 1 aliphatic carbocycles. The van der Waals surface area contributed by atoms with Crippen LogP contribution in [0.2, 0.25) is 0 Å². The molecular formula is C39H50BN3O6. The Morgan fingerprint density at radius 1 is 0.878 bits per heavy atom. The molecule has 49 heavy (non-hydrogen) atoms. The molecule has 0 atom stereocenters. The molecule has 3 aliphatic rings. The Bertz CT molecular complexity index is 1680. The van der Waals surface area contributed by atoms with Crippen LogP contribution >= 0.6 is 0 Å². The van der Waals surface area contributed by atoms with Crippen LogP contribution in [0.15, 0.2) is 54.6 Å². The third kappa shape index (κ3) is 7.09. The molecule has 3 aromatic carbocycles. The summed E-state index contributed by atoms with van der Waals surface area (Å²) >= 11 is 0. The predicted octanol–water partition coefficient (Wildman–Crippen LogP) is 7.02. The molecule has 2 amide bonds. The standard InChI is InChI=1S/C39H50BN3O6/c1-25-27(22-33(41-35(44)47-37(3,4)5)26(2)34(25)40-48-38(6,7)39(8,9)49-40)23-42-18-20-43(21-19-42)36(45)46-24-32-30-16-12-10-14-28(30)29-15-11-13-17-31(29)32/h10-17,22,32H,18-21,23-24H2,1-9H3,(H,41,44). The smallest absolute Gasteiger partial charge is 0.448 e. The minimum atomic E-state index is -0.632. The first-order chi connectivity index (χ1) is 23.0. The van der Waals surface area contributed by atoms with Crippen LogP contribution in [0.4, 0.5) is 15.3 Å². The summed E-state index contributed by atoms with van der Waals surface area (Å²) in [5, 5.41) is 2.99. The number of ether oxygens (including phenoxy) is 2. The first kappa shape index (κ1) is 35.0. The second-order valence-corrected chi connectivity index (χ2v) is 15.5. The fourth-order valence-electron chi connectivity index (χ4n) is 7.03. The number of hydrogen-bond acceptors (Lipinski definition) is 7. The van der Waals surface area contributed by atoms with E-state index < -0.39 is 30.0 Å². The average molecular weight is 668 g/mol. The van der Waals surface area contributed by atoms with Crippen LogP contribution in [0.1, 0.15) is 82.2 Å². The van der Waals surface area contributed by atoms with Crippen LogP contribution in [-0.4, -0.2) is 78.7 Å². The quantitative estimate of drug-likeness (QED) is 0.283. The second-order valence-electron chi connectivity index (χ2n) is 15.5. The van der Waals surface area contributed by atoms with E-state index in [-0.39, 0.29) is 12.0 Å². The largest absolute Gasteiger partial charge is 0.495 e. The third-order valence-electron chi connectivity index (χ3n) is 10.5. The van der Waals surface area contributed by atoms with Crippen molar-refractivity contribution in [1.29, 1.82) is 0 Å². The van der Waals surface area contributed by atoms with E-state index in [2.05, 4.69) is 53.5 Å². The number of nitrogens with one attached hydrogen (secondary N) is 1. The van der Waals surface area contributed by atoms with Gasteiger partial charge in [-0.3, -0.25) is 10.2 Å². The summed E-state index contributed by atoms with van der Waals surface area (Å²) in [5.41, 5.74) is 7.75. The van der Waals surface area contributed by atoms with E-state index in [1.165, 1.54) is 22.3 Å². The van der Waals surface area contributed by atoms with Crippen molar-refractivity contribution in [3.05, 3.63) is 82.4 Å². The lowest BCUT2D eigenvalue weighted by Gasteiger charge is -2.35. The molecule has 2 heterocycles. The maximum absolute atomic E-state index is 13.3. The Balaban J connectivity index is 1.14. The number of carbonyl (C=O) groups excluding carboxylic acids is 2. The van der Waals surface area contributed by atoms with Crippen LogP contribution in [0.5, 0.6) is 0 Å². The van der Waals surface area contributed by atoms with Gasteiger partial charge in [0.1, 0.15) is 12.2 Å². The lowest BCUT2D eigenvalue weighted by atomic mass is 9.71. The van der Waals surface area contributed by atoms with Crippen LogP contribution in [0.25, 0.3) is 11.1 Å². The van der Waals surface area contributed by atoms with Gasteiger partial charge in [-0.15, -0.1) is 0 Å². The molecule has 6 rings (SSSR count). The Morgan fingerprint density at radius 2 is 1.43 bits per heavy atom. The van der Waals surface area contributed by atoms with Crippen molar-refractivity contribution in [3.63, 3.8) is 0 Å². The van der Waals surface area contributed by atoms with E-state index >= 15 is 0 Å². The first-order valence-corrected chi connectivity index (χ1v) is 17.4. The van der Waals surface area contributed by atoms with E-state index in [1.807, 2.05) is 73.6 Å². The van der Waals surface area contributed by atoms with Crippen molar-refractivity contribution >= 4 is 30.5 Å². The number of rotatable bonds is 6. The molecule has 0 unspecified atom stereocenters. The van der Waals surface area contributed by atoms with Gasteiger partial charge in [0.25, 0.3) is 0 Å². The predicted molar refractivity (Wildman–Crippen MR) is 193 cm³/mol. The monoisotopic (exact) mass is 667 g/mol. The lowest BCUT2D eigenvalue weighted by molar-refractivity contribution is 0.00578. The Hall–Kier alpha value is -3.86. The molecule has 260 valence electrons. The molecular weight excluding hydrogens is 617 g/mol. The summed E-state index contributed by atoms with van der Waals surface area (Å²) in [5.74, 6) is 0.0313. The maximum atomic E-state index is 13.3. The topological polar surface area (TPSA) is 89.6 Å². The first-order valence-electron chi connectivity index (χ1n) is 17.4. The normalized spacial score (nSPS) is 18.6. The van der Waals surface area contributed by atoms with Crippen LogP contribution in [0.3, 0.4) is 0 Å². The van der Waals surface area contributed by atoms with Crippen molar-refractivity contribution < 1.29 is 28.4 Å². The molecule has 9 nitrogen and oxygen atoms in total. The summed E-state index contributed by atoms with van der Waals surface area (Å²) in [6, 6.07) is 18.8. The van der Waals surface area contributed by atoms with Gasteiger partial charge in [0, 0.05) is 44.3 Å². The molecule has 2 aliphatic heterocycles. The third-order valence-corrected chi connectivity index (χ3v) is 10.5. The van der Waals surface area contributed by atoms with Gasteiger partial charge >= 0.3 is 19.3 Å². The summed E-state index contributed by atoms with van der Waals surface area (Å²) in [6.45, 7) is 21.2. The fourth-order valence-corrected chi connectivity index (χ4v) is 7.03. The van der Waals surface area contributed by atoms with Gasteiger partial charge in [0.05, 0.1) is 11.2 Å². The minimum Gasteiger partial charge on any atom is -0.448 e. The number of amides is 2. The molecule has 0 bridgehead atoms. The lowest BCUT2D eigenvalue weighted by Crippen LogP contribution is -2.49. The fraction of sp³-hybridized carbons (Fsp3) is 0.487. The maximum Gasteiger partial charge on any atom is 0.495 e. The van der Waals surface area contributed by atoms with E-state index in [1.54, 1.807) is 4.90 Å². The minimum absolute atomic E-state index is 0.0313. The Kier molecular flexibility index (Phi) is 9.37. The zero-order chi connectivity index (χ0) is 35.3. The highest BCUT2D eigenvalue weighted by Crippen LogP contribution is 2.44. The van der Waals surface area contributed by atoms with Crippen molar-refractivity contribution in [1.82, 2.24) is 9.80 Å². The molecule has 3 aromatic rings. The van der Waals surface area contributed by atoms with E-state index in [9.17, 15) is 9.59 Å². The zero-order valence-corrected chi connectivity index (χ0v) is 30.4. The van der Waals surface area contributed by atoms with E-state index in [0.717, 1.165) is 22.2 Å². The number of carbonyl (C=O) groups is 2. The van der Waals surface area contributed by atoms with Gasteiger partial charge in [-0.05, 0) is 113 Å². The highest BCUT2D eigenvalue weighted by atomic mass is 16.7. The molecule has 2 fully saturated rings. The summed E-state index contributed by atoms with van der Waals surface area (Å²) < 4.78 is 24.5. The number of benzene rings is 3.